The van der Waals surface area contributed by atoms with Gasteiger partial charge in [-0.2, -0.15) is 0 Å². The van der Waals surface area contributed by atoms with Crippen LogP contribution in [0.1, 0.15) is 66.4 Å². The first-order chi connectivity index (χ1) is 11.1. The topological polar surface area (TPSA) is 37.3 Å². The lowest BCUT2D eigenvalue weighted by molar-refractivity contribution is 0.0697. The molecule has 0 aromatic heterocycles. The third-order valence-electron chi connectivity index (χ3n) is 4.41. The molecule has 0 bridgehead atoms. The summed E-state index contributed by atoms with van der Waals surface area (Å²) in [6.07, 6.45) is 3.20. The molecule has 0 aliphatic heterocycles. The van der Waals surface area contributed by atoms with Gasteiger partial charge < -0.3 is 5.11 Å². The van der Waals surface area contributed by atoms with E-state index in [9.17, 15) is 4.79 Å². The molecule has 3 heteroatoms. The van der Waals surface area contributed by atoms with E-state index in [0.29, 0.717) is 17.4 Å². The van der Waals surface area contributed by atoms with E-state index >= 15 is 0 Å². The molecule has 0 radical (unpaired) electrons. The fraction of sp³-hybridized carbons (Fsp3) is 0.350. The Labute approximate surface area is 143 Å². The SMILES string of the molecule is CCCC(c1ccc(C(=O)O)cc1)C(CC)c1ccc(Cl)cc1. The second kappa shape index (κ2) is 8.16. The Morgan fingerprint density at radius 2 is 1.48 bits per heavy atom. The second-order valence-corrected chi connectivity index (χ2v) is 6.33. The highest BCUT2D eigenvalue weighted by atomic mass is 35.5. The maximum Gasteiger partial charge on any atom is 0.335 e. The van der Waals surface area contributed by atoms with E-state index < -0.39 is 5.97 Å². The van der Waals surface area contributed by atoms with Crippen LogP contribution in [0.4, 0.5) is 0 Å². The summed E-state index contributed by atoms with van der Waals surface area (Å²) in [5.41, 5.74) is 2.83. The molecular formula is C20H23ClO2. The van der Waals surface area contributed by atoms with Crippen LogP contribution < -0.4 is 0 Å². The van der Waals surface area contributed by atoms with E-state index in [2.05, 4.69) is 26.0 Å². The number of hydrogen-bond donors (Lipinski definition) is 1. The highest BCUT2D eigenvalue weighted by Gasteiger charge is 2.23. The summed E-state index contributed by atoms with van der Waals surface area (Å²) >= 11 is 6.01. The number of halogens is 1. The quantitative estimate of drug-likeness (QED) is 0.664. The van der Waals surface area contributed by atoms with Gasteiger partial charge in [0.1, 0.15) is 0 Å². The third-order valence-corrected chi connectivity index (χ3v) is 4.66. The van der Waals surface area contributed by atoms with Crippen LogP contribution in [0.25, 0.3) is 0 Å². The van der Waals surface area contributed by atoms with Gasteiger partial charge in [-0.3, -0.25) is 0 Å². The van der Waals surface area contributed by atoms with Crippen LogP contribution in [-0.2, 0) is 0 Å². The molecule has 2 aromatic carbocycles. The third kappa shape index (κ3) is 4.35. The predicted octanol–water partition coefficient (Wildman–Crippen LogP) is 6.12. The first-order valence-electron chi connectivity index (χ1n) is 8.15. The number of carboxylic acids is 1. The molecule has 122 valence electrons. The molecule has 0 saturated heterocycles. The van der Waals surface area contributed by atoms with Gasteiger partial charge >= 0.3 is 5.97 Å². The Morgan fingerprint density at radius 3 is 1.96 bits per heavy atom. The number of carbonyl (C=O) groups is 1. The van der Waals surface area contributed by atoms with Gasteiger partial charge in [0, 0.05) is 5.02 Å². The highest BCUT2D eigenvalue weighted by molar-refractivity contribution is 6.30. The largest absolute Gasteiger partial charge is 0.478 e. The van der Waals surface area contributed by atoms with Crippen LogP contribution in [0.2, 0.25) is 5.02 Å². The zero-order valence-electron chi connectivity index (χ0n) is 13.6. The Bertz CT molecular complexity index is 632. The number of aromatic carboxylic acids is 1. The number of rotatable bonds is 7. The van der Waals surface area contributed by atoms with E-state index in [1.807, 2.05) is 24.3 Å². The monoisotopic (exact) mass is 330 g/mol. The second-order valence-electron chi connectivity index (χ2n) is 5.89. The number of benzene rings is 2. The van der Waals surface area contributed by atoms with Crippen molar-refractivity contribution in [2.75, 3.05) is 0 Å². The summed E-state index contributed by atoms with van der Waals surface area (Å²) in [5, 5.41) is 9.82. The average molecular weight is 331 g/mol. The summed E-state index contributed by atoms with van der Waals surface area (Å²) in [5.74, 6) is -0.0924. The van der Waals surface area contributed by atoms with Gasteiger partial charge in [-0.25, -0.2) is 4.79 Å². The molecule has 2 nitrogen and oxygen atoms in total. The van der Waals surface area contributed by atoms with Crippen molar-refractivity contribution in [2.24, 2.45) is 0 Å². The number of carboxylic acid groups (broad SMARTS) is 1. The van der Waals surface area contributed by atoms with Gasteiger partial charge in [0.25, 0.3) is 0 Å². The smallest absolute Gasteiger partial charge is 0.335 e. The molecule has 2 unspecified atom stereocenters. The first-order valence-corrected chi connectivity index (χ1v) is 8.53. The molecule has 23 heavy (non-hydrogen) atoms. The average Bonchev–Trinajstić information content (AvgIpc) is 2.56. The predicted molar refractivity (Wildman–Crippen MR) is 95.5 cm³/mol. The van der Waals surface area contributed by atoms with E-state index in [1.54, 1.807) is 12.1 Å². The molecule has 0 fully saturated rings. The summed E-state index contributed by atoms with van der Waals surface area (Å²) in [6.45, 7) is 4.39. The van der Waals surface area contributed by atoms with Crippen molar-refractivity contribution in [3.63, 3.8) is 0 Å². The van der Waals surface area contributed by atoms with Crippen molar-refractivity contribution in [1.29, 1.82) is 0 Å². The fourth-order valence-electron chi connectivity index (χ4n) is 3.25. The minimum absolute atomic E-state index is 0.337. The van der Waals surface area contributed by atoms with Crippen LogP contribution >= 0.6 is 11.6 Å². The van der Waals surface area contributed by atoms with E-state index in [-0.39, 0.29) is 0 Å². The van der Waals surface area contributed by atoms with Crippen molar-refractivity contribution < 1.29 is 9.90 Å². The molecule has 0 aliphatic carbocycles. The summed E-state index contributed by atoms with van der Waals surface area (Å²) < 4.78 is 0. The maximum absolute atomic E-state index is 11.0. The first kappa shape index (κ1) is 17.6. The maximum atomic E-state index is 11.0. The lowest BCUT2D eigenvalue weighted by atomic mass is 9.77. The zero-order chi connectivity index (χ0) is 16.8. The van der Waals surface area contributed by atoms with Crippen LogP contribution in [0.5, 0.6) is 0 Å². The Kier molecular flexibility index (Phi) is 6.23. The standard InChI is InChI=1S/C20H23ClO2/c1-3-5-19(15-6-8-16(9-7-15)20(22)23)18(4-2)14-10-12-17(21)13-11-14/h6-13,18-19H,3-5H2,1-2H3,(H,22,23). The van der Waals surface area contributed by atoms with Crippen molar-refractivity contribution in [3.05, 3.63) is 70.2 Å². The minimum atomic E-state index is -0.881. The Balaban J connectivity index is 2.34. The Hall–Kier alpha value is -1.80. The van der Waals surface area contributed by atoms with Crippen LogP contribution in [-0.4, -0.2) is 11.1 Å². The Morgan fingerprint density at radius 1 is 0.957 bits per heavy atom. The molecule has 1 N–H and O–H groups in total. The van der Waals surface area contributed by atoms with E-state index in [0.717, 1.165) is 24.3 Å². The molecule has 0 saturated carbocycles. The molecule has 2 rings (SSSR count). The van der Waals surface area contributed by atoms with Crippen LogP contribution in [0, 0.1) is 0 Å². The zero-order valence-corrected chi connectivity index (χ0v) is 14.4. The fourth-order valence-corrected chi connectivity index (χ4v) is 3.37. The van der Waals surface area contributed by atoms with Gasteiger partial charge in [0.2, 0.25) is 0 Å². The lowest BCUT2D eigenvalue weighted by Crippen LogP contribution is -2.11. The molecule has 0 spiro atoms. The van der Waals surface area contributed by atoms with Crippen molar-refractivity contribution >= 4 is 17.6 Å². The van der Waals surface area contributed by atoms with Gasteiger partial charge in [-0.15, -0.1) is 0 Å². The molecule has 0 heterocycles. The molecular weight excluding hydrogens is 308 g/mol. The van der Waals surface area contributed by atoms with Crippen LogP contribution in [0.3, 0.4) is 0 Å². The molecule has 2 aromatic rings. The summed E-state index contributed by atoms with van der Waals surface area (Å²) in [7, 11) is 0. The minimum Gasteiger partial charge on any atom is -0.478 e. The van der Waals surface area contributed by atoms with Crippen molar-refractivity contribution in [2.45, 2.75) is 44.9 Å². The van der Waals surface area contributed by atoms with Crippen molar-refractivity contribution in [3.8, 4) is 0 Å². The normalized spacial score (nSPS) is 13.5. The summed E-state index contributed by atoms with van der Waals surface area (Å²) in [4.78, 5) is 11.0. The van der Waals surface area contributed by atoms with Crippen molar-refractivity contribution in [1.82, 2.24) is 0 Å². The summed E-state index contributed by atoms with van der Waals surface area (Å²) in [6, 6.07) is 15.4. The van der Waals surface area contributed by atoms with Gasteiger partial charge in [-0.1, -0.05) is 56.1 Å². The van der Waals surface area contributed by atoms with Gasteiger partial charge in [-0.05, 0) is 60.1 Å². The molecule has 0 aliphatic rings. The molecule has 0 amide bonds. The lowest BCUT2D eigenvalue weighted by Gasteiger charge is -2.27. The van der Waals surface area contributed by atoms with E-state index in [4.69, 9.17) is 16.7 Å². The number of hydrogen-bond acceptors (Lipinski definition) is 1. The van der Waals surface area contributed by atoms with Crippen LogP contribution in [0.15, 0.2) is 48.5 Å². The van der Waals surface area contributed by atoms with E-state index in [1.165, 1.54) is 11.1 Å². The molecule has 2 atom stereocenters. The van der Waals surface area contributed by atoms with Gasteiger partial charge in [0.15, 0.2) is 0 Å². The van der Waals surface area contributed by atoms with Gasteiger partial charge in [0.05, 0.1) is 5.56 Å². The highest BCUT2D eigenvalue weighted by Crippen LogP contribution is 2.39.